The lowest BCUT2D eigenvalue weighted by Crippen LogP contribution is -2.35. The van der Waals surface area contributed by atoms with Crippen LogP contribution in [0.3, 0.4) is 0 Å². The number of rotatable bonds is 4. The van der Waals surface area contributed by atoms with Crippen LogP contribution < -0.4 is 11.1 Å². The highest BCUT2D eigenvalue weighted by Gasteiger charge is 2.13. The Morgan fingerprint density at radius 2 is 2.25 bits per heavy atom. The SMILES string of the molecule is CCC[C@H](N)C(=O)Nc1cc(Br)ccc1C. The molecule has 3 nitrogen and oxygen atoms in total. The number of anilines is 1. The monoisotopic (exact) mass is 284 g/mol. The highest BCUT2D eigenvalue weighted by molar-refractivity contribution is 9.10. The van der Waals surface area contributed by atoms with Gasteiger partial charge in [-0.1, -0.05) is 35.3 Å². The largest absolute Gasteiger partial charge is 0.324 e. The Bertz CT molecular complexity index is 379. The Labute approximate surface area is 105 Å². The lowest BCUT2D eigenvalue weighted by atomic mass is 10.1. The molecule has 4 heteroatoms. The van der Waals surface area contributed by atoms with Crippen molar-refractivity contribution < 1.29 is 4.79 Å². The molecule has 0 aliphatic rings. The van der Waals surface area contributed by atoms with Gasteiger partial charge in [0, 0.05) is 10.2 Å². The maximum Gasteiger partial charge on any atom is 0.241 e. The van der Waals surface area contributed by atoms with E-state index < -0.39 is 6.04 Å². The van der Waals surface area contributed by atoms with E-state index in [2.05, 4.69) is 21.2 Å². The fourth-order valence-electron chi connectivity index (χ4n) is 1.40. The maximum atomic E-state index is 11.7. The van der Waals surface area contributed by atoms with Gasteiger partial charge in [-0.25, -0.2) is 0 Å². The van der Waals surface area contributed by atoms with Gasteiger partial charge < -0.3 is 11.1 Å². The van der Waals surface area contributed by atoms with Crippen LogP contribution in [0.5, 0.6) is 0 Å². The number of carbonyl (C=O) groups excluding carboxylic acids is 1. The second-order valence-electron chi connectivity index (χ2n) is 3.84. The highest BCUT2D eigenvalue weighted by Crippen LogP contribution is 2.20. The predicted octanol–water partition coefficient (Wildman–Crippen LogP) is 2.82. The maximum absolute atomic E-state index is 11.7. The van der Waals surface area contributed by atoms with Gasteiger partial charge in [-0.05, 0) is 31.0 Å². The molecule has 0 aliphatic carbocycles. The van der Waals surface area contributed by atoms with Gasteiger partial charge in [0.2, 0.25) is 5.91 Å². The van der Waals surface area contributed by atoms with Crippen LogP contribution in [0, 0.1) is 6.92 Å². The molecule has 1 atom stereocenters. The third kappa shape index (κ3) is 3.61. The standard InChI is InChI=1S/C12H17BrN2O/c1-3-4-10(14)12(16)15-11-7-9(13)6-5-8(11)2/h5-7,10H,3-4,14H2,1-2H3,(H,15,16)/t10-/m0/s1. The number of aryl methyl sites for hydroxylation is 1. The quantitative estimate of drug-likeness (QED) is 0.893. The molecule has 0 fully saturated rings. The van der Waals surface area contributed by atoms with Gasteiger partial charge in [0.1, 0.15) is 0 Å². The van der Waals surface area contributed by atoms with Gasteiger partial charge >= 0.3 is 0 Å². The zero-order chi connectivity index (χ0) is 12.1. The van der Waals surface area contributed by atoms with Crippen molar-refractivity contribution in [3.63, 3.8) is 0 Å². The smallest absolute Gasteiger partial charge is 0.241 e. The van der Waals surface area contributed by atoms with Crippen molar-refractivity contribution in [3.05, 3.63) is 28.2 Å². The number of benzene rings is 1. The third-order valence-electron chi connectivity index (χ3n) is 2.39. The molecule has 16 heavy (non-hydrogen) atoms. The van der Waals surface area contributed by atoms with Gasteiger partial charge in [-0.15, -0.1) is 0 Å². The first kappa shape index (κ1) is 13.2. The summed E-state index contributed by atoms with van der Waals surface area (Å²) in [6.45, 7) is 3.96. The first-order valence-electron chi connectivity index (χ1n) is 5.37. The van der Waals surface area contributed by atoms with Gasteiger partial charge in [0.05, 0.1) is 6.04 Å². The van der Waals surface area contributed by atoms with Crippen LogP contribution in [0.2, 0.25) is 0 Å². The van der Waals surface area contributed by atoms with E-state index in [4.69, 9.17) is 5.73 Å². The van der Waals surface area contributed by atoms with Crippen molar-refractivity contribution in [2.45, 2.75) is 32.7 Å². The zero-order valence-corrected chi connectivity index (χ0v) is 11.2. The van der Waals surface area contributed by atoms with E-state index in [-0.39, 0.29) is 5.91 Å². The van der Waals surface area contributed by atoms with Crippen LogP contribution in [-0.4, -0.2) is 11.9 Å². The van der Waals surface area contributed by atoms with E-state index in [0.717, 1.165) is 22.1 Å². The van der Waals surface area contributed by atoms with Crippen LogP contribution >= 0.6 is 15.9 Å². The molecule has 1 aromatic rings. The summed E-state index contributed by atoms with van der Waals surface area (Å²) in [7, 11) is 0. The predicted molar refractivity (Wildman–Crippen MR) is 70.4 cm³/mol. The van der Waals surface area contributed by atoms with Crippen LogP contribution in [-0.2, 0) is 4.79 Å². The summed E-state index contributed by atoms with van der Waals surface area (Å²) in [4.78, 5) is 11.7. The first-order chi connectivity index (χ1) is 7.54. The number of hydrogen-bond donors (Lipinski definition) is 2. The molecule has 0 heterocycles. The number of nitrogens with one attached hydrogen (secondary N) is 1. The summed E-state index contributed by atoms with van der Waals surface area (Å²) < 4.78 is 0.942. The van der Waals surface area contributed by atoms with Crippen LogP contribution in [0.25, 0.3) is 0 Å². The molecule has 0 spiro atoms. The first-order valence-corrected chi connectivity index (χ1v) is 6.16. The Hall–Kier alpha value is -0.870. The van der Waals surface area contributed by atoms with Gasteiger partial charge in [-0.3, -0.25) is 4.79 Å². The minimum atomic E-state index is -0.427. The number of nitrogens with two attached hydrogens (primary N) is 1. The molecule has 1 aromatic carbocycles. The van der Waals surface area contributed by atoms with E-state index in [9.17, 15) is 4.79 Å². The summed E-state index contributed by atoms with van der Waals surface area (Å²) in [5, 5.41) is 2.84. The molecular formula is C12H17BrN2O. The minimum Gasteiger partial charge on any atom is -0.324 e. The van der Waals surface area contributed by atoms with Crippen molar-refractivity contribution in [1.29, 1.82) is 0 Å². The van der Waals surface area contributed by atoms with Crippen LogP contribution in [0.4, 0.5) is 5.69 Å². The van der Waals surface area contributed by atoms with Crippen LogP contribution in [0.15, 0.2) is 22.7 Å². The molecule has 0 saturated heterocycles. The number of halogens is 1. The number of hydrogen-bond acceptors (Lipinski definition) is 2. The van der Waals surface area contributed by atoms with Crippen LogP contribution in [0.1, 0.15) is 25.3 Å². The Balaban J connectivity index is 2.72. The number of amides is 1. The van der Waals surface area contributed by atoms with E-state index in [1.165, 1.54) is 0 Å². The van der Waals surface area contributed by atoms with Gasteiger partial charge in [0.25, 0.3) is 0 Å². The van der Waals surface area contributed by atoms with Crippen molar-refractivity contribution in [2.24, 2.45) is 5.73 Å². The average Bonchev–Trinajstić information content (AvgIpc) is 2.23. The molecular weight excluding hydrogens is 268 g/mol. The average molecular weight is 285 g/mol. The van der Waals surface area contributed by atoms with E-state index in [0.29, 0.717) is 6.42 Å². The van der Waals surface area contributed by atoms with E-state index in [1.807, 2.05) is 32.0 Å². The zero-order valence-electron chi connectivity index (χ0n) is 9.59. The lowest BCUT2D eigenvalue weighted by molar-refractivity contribution is -0.117. The molecule has 1 rings (SSSR count). The second-order valence-corrected chi connectivity index (χ2v) is 4.76. The molecule has 0 radical (unpaired) electrons. The Kier molecular flexibility index (Phi) is 4.96. The number of carbonyl (C=O) groups is 1. The fraction of sp³-hybridized carbons (Fsp3) is 0.417. The summed E-state index contributed by atoms with van der Waals surface area (Å²) in [6, 6.07) is 5.34. The fourth-order valence-corrected chi connectivity index (χ4v) is 1.76. The molecule has 88 valence electrons. The molecule has 0 aliphatic heterocycles. The summed E-state index contributed by atoms with van der Waals surface area (Å²) in [5.41, 5.74) is 7.58. The second kappa shape index (κ2) is 6.01. The Morgan fingerprint density at radius 1 is 1.56 bits per heavy atom. The third-order valence-corrected chi connectivity index (χ3v) is 2.89. The molecule has 1 amide bonds. The summed E-state index contributed by atoms with van der Waals surface area (Å²) in [6.07, 6.45) is 1.62. The molecule has 3 N–H and O–H groups in total. The van der Waals surface area contributed by atoms with Crippen molar-refractivity contribution in [3.8, 4) is 0 Å². The van der Waals surface area contributed by atoms with Crippen molar-refractivity contribution in [2.75, 3.05) is 5.32 Å². The molecule has 0 aromatic heterocycles. The van der Waals surface area contributed by atoms with Gasteiger partial charge in [-0.2, -0.15) is 0 Å². The Morgan fingerprint density at radius 3 is 2.88 bits per heavy atom. The molecule has 0 saturated carbocycles. The molecule has 0 bridgehead atoms. The van der Waals surface area contributed by atoms with E-state index >= 15 is 0 Å². The van der Waals surface area contributed by atoms with Gasteiger partial charge in [0.15, 0.2) is 0 Å². The van der Waals surface area contributed by atoms with Crippen molar-refractivity contribution >= 4 is 27.5 Å². The highest BCUT2D eigenvalue weighted by atomic mass is 79.9. The topological polar surface area (TPSA) is 55.1 Å². The minimum absolute atomic E-state index is 0.122. The van der Waals surface area contributed by atoms with Crippen molar-refractivity contribution in [1.82, 2.24) is 0 Å². The molecule has 0 unspecified atom stereocenters. The summed E-state index contributed by atoms with van der Waals surface area (Å²) in [5.74, 6) is -0.122. The normalized spacial score (nSPS) is 12.2. The van der Waals surface area contributed by atoms with E-state index in [1.54, 1.807) is 0 Å². The summed E-state index contributed by atoms with van der Waals surface area (Å²) >= 11 is 3.37. The lowest BCUT2D eigenvalue weighted by Gasteiger charge is -2.13.